The Morgan fingerprint density at radius 3 is 2.32 bits per heavy atom. The van der Waals surface area contributed by atoms with E-state index in [1.165, 1.54) is 0 Å². The van der Waals surface area contributed by atoms with Gasteiger partial charge in [0.1, 0.15) is 5.60 Å². The number of rotatable bonds is 5. The third kappa shape index (κ3) is 5.14. The zero-order valence-electron chi connectivity index (χ0n) is 20.1. The van der Waals surface area contributed by atoms with Crippen molar-refractivity contribution in [2.45, 2.75) is 39.7 Å². The van der Waals surface area contributed by atoms with Gasteiger partial charge in [-0.25, -0.2) is 4.79 Å². The number of nitrogens with one attached hydrogen (secondary N) is 1. The maximum atomic E-state index is 12.6. The smallest absolute Gasteiger partial charge is 0.410 e. The number of fused-ring (bicyclic) bond motifs is 1. The van der Waals surface area contributed by atoms with Gasteiger partial charge in [-0.15, -0.1) is 0 Å². The molecule has 2 amide bonds. The lowest BCUT2D eigenvalue weighted by Gasteiger charge is -2.39. The zero-order chi connectivity index (χ0) is 24.5. The van der Waals surface area contributed by atoms with Crippen LogP contribution in [0.2, 0.25) is 0 Å². The number of carbonyl (C=O) groups excluding carboxylic acids is 3. The van der Waals surface area contributed by atoms with E-state index < -0.39 is 5.60 Å². The van der Waals surface area contributed by atoms with Crippen molar-refractivity contribution in [3.05, 3.63) is 60.3 Å². The van der Waals surface area contributed by atoms with Crippen molar-refractivity contribution in [1.82, 2.24) is 14.8 Å². The molecule has 1 N–H and O–H groups in total. The van der Waals surface area contributed by atoms with Gasteiger partial charge in [0.25, 0.3) is 5.91 Å². The second kappa shape index (κ2) is 9.33. The summed E-state index contributed by atoms with van der Waals surface area (Å²) in [6.07, 6.45) is 1.96. The topological polar surface area (TPSA) is 80.6 Å². The molecule has 4 rings (SSSR count). The highest BCUT2D eigenvalue weighted by Gasteiger charge is 2.33. The minimum atomic E-state index is -0.506. The highest BCUT2D eigenvalue weighted by atomic mass is 16.6. The number of amides is 2. The van der Waals surface area contributed by atoms with Crippen LogP contribution in [0.3, 0.4) is 0 Å². The average Bonchev–Trinajstić information content (AvgIpc) is 3.19. The third-order valence-electron chi connectivity index (χ3n) is 5.90. The predicted molar refractivity (Wildman–Crippen MR) is 132 cm³/mol. The standard InChI is InChI=1S/C27H31N3O4/c1-5-24(31)30-13-12-22-14-21(10-11-23(22)30)19-6-8-20(9-7-19)25(32)28-15-18-16-29(17-18)26(33)34-27(2,3)4/h6-14,18H,5,15-17H2,1-4H3,(H,28,32). The molecule has 0 aliphatic carbocycles. The van der Waals surface area contributed by atoms with Crippen molar-refractivity contribution in [3.8, 4) is 11.1 Å². The van der Waals surface area contributed by atoms with Crippen LogP contribution in [0.4, 0.5) is 4.79 Å². The second-order valence-electron chi connectivity index (χ2n) is 9.75. The van der Waals surface area contributed by atoms with Gasteiger partial charge in [0, 0.05) is 49.1 Å². The van der Waals surface area contributed by atoms with Crippen LogP contribution in [0, 0.1) is 5.92 Å². The quantitative estimate of drug-likeness (QED) is 0.583. The molecule has 0 spiro atoms. The van der Waals surface area contributed by atoms with Crippen LogP contribution < -0.4 is 5.32 Å². The molecule has 0 unspecified atom stereocenters. The van der Waals surface area contributed by atoms with Crippen LogP contribution >= 0.6 is 0 Å². The minimum Gasteiger partial charge on any atom is -0.444 e. The Morgan fingerprint density at radius 2 is 1.68 bits per heavy atom. The Labute approximate surface area is 199 Å². The van der Waals surface area contributed by atoms with Crippen molar-refractivity contribution in [2.75, 3.05) is 19.6 Å². The van der Waals surface area contributed by atoms with Crippen molar-refractivity contribution >= 4 is 28.8 Å². The molecule has 2 aromatic carbocycles. The zero-order valence-corrected chi connectivity index (χ0v) is 20.1. The summed E-state index contributed by atoms with van der Waals surface area (Å²) >= 11 is 0. The van der Waals surface area contributed by atoms with E-state index in [0.717, 1.165) is 22.0 Å². The lowest BCUT2D eigenvalue weighted by Crippen LogP contribution is -2.54. The Bertz CT molecular complexity index is 1210. The minimum absolute atomic E-state index is 0.0672. The summed E-state index contributed by atoms with van der Waals surface area (Å²) < 4.78 is 7.04. The van der Waals surface area contributed by atoms with E-state index in [4.69, 9.17) is 4.74 Å². The molecule has 7 nitrogen and oxygen atoms in total. The molecule has 1 saturated heterocycles. The van der Waals surface area contributed by atoms with E-state index in [1.807, 2.05) is 76.4 Å². The van der Waals surface area contributed by atoms with E-state index >= 15 is 0 Å². The predicted octanol–water partition coefficient (Wildman–Crippen LogP) is 4.96. The first-order chi connectivity index (χ1) is 16.1. The largest absolute Gasteiger partial charge is 0.444 e. The summed E-state index contributed by atoms with van der Waals surface area (Å²) in [4.78, 5) is 38.3. The van der Waals surface area contributed by atoms with Gasteiger partial charge >= 0.3 is 6.09 Å². The first kappa shape index (κ1) is 23.5. The monoisotopic (exact) mass is 461 g/mol. The van der Waals surface area contributed by atoms with Gasteiger partial charge in [0.15, 0.2) is 0 Å². The summed E-state index contributed by atoms with van der Waals surface area (Å²) in [6, 6.07) is 15.4. The molecule has 3 aromatic rings. The van der Waals surface area contributed by atoms with Crippen LogP contribution in [0.15, 0.2) is 54.7 Å². The van der Waals surface area contributed by atoms with E-state index in [-0.39, 0.29) is 23.8 Å². The fourth-order valence-corrected chi connectivity index (χ4v) is 4.04. The summed E-state index contributed by atoms with van der Waals surface area (Å²) in [5.41, 5.74) is 3.01. The van der Waals surface area contributed by atoms with Crippen LogP contribution in [0.25, 0.3) is 22.0 Å². The normalized spacial score (nSPS) is 14.1. The van der Waals surface area contributed by atoms with Crippen molar-refractivity contribution < 1.29 is 19.1 Å². The lowest BCUT2D eigenvalue weighted by molar-refractivity contribution is -0.000542. The summed E-state index contributed by atoms with van der Waals surface area (Å²) in [5, 5.41) is 3.96. The number of hydrogen-bond acceptors (Lipinski definition) is 4. The lowest BCUT2D eigenvalue weighted by atomic mass is 10.00. The molecule has 0 atom stereocenters. The number of carbonyl (C=O) groups is 3. The van der Waals surface area contributed by atoms with Gasteiger partial charge in [-0.05, 0) is 62.2 Å². The van der Waals surface area contributed by atoms with Gasteiger partial charge in [-0.1, -0.05) is 25.1 Å². The fourth-order valence-electron chi connectivity index (χ4n) is 4.04. The summed E-state index contributed by atoms with van der Waals surface area (Å²) in [7, 11) is 0. The Morgan fingerprint density at radius 1 is 1.00 bits per heavy atom. The Hall–Kier alpha value is -3.61. The van der Waals surface area contributed by atoms with Gasteiger partial charge in [-0.3, -0.25) is 14.2 Å². The van der Waals surface area contributed by atoms with Crippen molar-refractivity contribution in [3.63, 3.8) is 0 Å². The average molecular weight is 462 g/mol. The fraction of sp³-hybridized carbons (Fsp3) is 0.370. The second-order valence-corrected chi connectivity index (χ2v) is 9.75. The third-order valence-corrected chi connectivity index (χ3v) is 5.90. The van der Waals surface area contributed by atoms with Gasteiger partial charge in [-0.2, -0.15) is 0 Å². The number of hydrogen-bond donors (Lipinski definition) is 1. The molecule has 7 heteroatoms. The molecule has 0 radical (unpaired) electrons. The molecule has 1 aliphatic heterocycles. The maximum absolute atomic E-state index is 12.6. The molecular weight excluding hydrogens is 430 g/mol. The SMILES string of the molecule is CCC(=O)n1ccc2cc(-c3ccc(C(=O)NCC4CN(C(=O)OC(C)(C)C)C4)cc3)ccc21. The van der Waals surface area contributed by atoms with Crippen molar-refractivity contribution in [1.29, 1.82) is 0 Å². The first-order valence-electron chi connectivity index (χ1n) is 11.7. The molecule has 1 fully saturated rings. The summed E-state index contributed by atoms with van der Waals surface area (Å²) in [6.45, 7) is 9.08. The Kier molecular flexibility index (Phi) is 6.46. The van der Waals surface area contributed by atoms with E-state index in [0.29, 0.717) is 31.6 Å². The van der Waals surface area contributed by atoms with Crippen LogP contribution in [-0.2, 0) is 4.74 Å². The van der Waals surface area contributed by atoms with E-state index in [2.05, 4.69) is 11.4 Å². The molecular formula is C27H31N3O4. The highest BCUT2D eigenvalue weighted by Crippen LogP contribution is 2.26. The van der Waals surface area contributed by atoms with Crippen LogP contribution in [0.1, 0.15) is 49.3 Å². The first-order valence-corrected chi connectivity index (χ1v) is 11.7. The Balaban J connectivity index is 1.32. The number of aromatic nitrogens is 1. The molecule has 178 valence electrons. The molecule has 0 saturated carbocycles. The highest BCUT2D eigenvalue weighted by molar-refractivity contribution is 5.96. The van der Waals surface area contributed by atoms with E-state index in [1.54, 1.807) is 9.47 Å². The molecule has 2 heterocycles. The van der Waals surface area contributed by atoms with Crippen molar-refractivity contribution in [2.24, 2.45) is 5.92 Å². The maximum Gasteiger partial charge on any atom is 0.410 e. The molecule has 1 aliphatic rings. The van der Waals surface area contributed by atoms with Gasteiger partial charge in [0.2, 0.25) is 5.91 Å². The molecule has 1 aromatic heterocycles. The summed E-state index contributed by atoms with van der Waals surface area (Å²) in [5.74, 6) is 0.166. The number of benzene rings is 2. The number of likely N-dealkylation sites (tertiary alicyclic amines) is 1. The number of nitrogens with zero attached hydrogens (tertiary/aromatic N) is 2. The molecule has 34 heavy (non-hydrogen) atoms. The molecule has 0 bridgehead atoms. The van der Waals surface area contributed by atoms with Gasteiger partial charge in [0.05, 0.1) is 5.52 Å². The van der Waals surface area contributed by atoms with Crippen LogP contribution in [-0.4, -0.2) is 52.6 Å². The number of ether oxygens (including phenoxy) is 1. The van der Waals surface area contributed by atoms with E-state index in [9.17, 15) is 14.4 Å². The van der Waals surface area contributed by atoms with Gasteiger partial charge < -0.3 is 15.0 Å². The van der Waals surface area contributed by atoms with Crippen LogP contribution in [0.5, 0.6) is 0 Å².